The molecule has 2 aliphatic rings. The number of carbonyl (C=O) groups is 2. The molecule has 2 aliphatic carbocycles. The first kappa shape index (κ1) is 24.5. The van der Waals surface area contributed by atoms with E-state index in [1.54, 1.807) is 12.1 Å². The molecule has 1 aromatic heterocycles. The Labute approximate surface area is 211 Å². The van der Waals surface area contributed by atoms with Gasteiger partial charge in [-0.1, -0.05) is 62.8 Å². The second kappa shape index (κ2) is 11.2. The van der Waals surface area contributed by atoms with Gasteiger partial charge in [0.2, 0.25) is 5.91 Å². The van der Waals surface area contributed by atoms with Crippen molar-refractivity contribution in [2.75, 3.05) is 0 Å². The summed E-state index contributed by atoms with van der Waals surface area (Å²) >= 11 is 0. The third-order valence-electron chi connectivity index (χ3n) is 7.78. The molecule has 6 nitrogen and oxygen atoms in total. The molecule has 0 saturated heterocycles. The summed E-state index contributed by atoms with van der Waals surface area (Å²) in [7, 11) is 0. The largest absolute Gasteiger partial charge is 0.345 e. The molecule has 7 heteroatoms. The van der Waals surface area contributed by atoms with Gasteiger partial charge in [0.1, 0.15) is 18.2 Å². The molecule has 0 aliphatic heterocycles. The van der Waals surface area contributed by atoms with E-state index in [0.29, 0.717) is 17.9 Å². The fourth-order valence-electron chi connectivity index (χ4n) is 5.98. The zero-order valence-corrected chi connectivity index (χ0v) is 20.8. The number of imidazole rings is 1. The van der Waals surface area contributed by atoms with Crippen molar-refractivity contribution in [3.05, 3.63) is 65.7 Å². The number of amides is 2. The van der Waals surface area contributed by atoms with Crippen molar-refractivity contribution >= 4 is 22.8 Å². The van der Waals surface area contributed by atoms with Gasteiger partial charge in [-0.05, 0) is 49.9 Å². The van der Waals surface area contributed by atoms with E-state index in [0.717, 1.165) is 36.7 Å². The van der Waals surface area contributed by atoms with Gasteiger partial charge < -0.3 is 14.8 Å². The highest BCUT2D eigenvalue weighted by atomic mass is 19.1. The van der Waals surface area contributed by atoms with Crippen molar-refractivity contribution in [3.63, 3.8) is 0 Å². The average Bonchev–Trinajstić information content (AvgIpc) is 3.26. The van der Waals surface area contributed by atoms with E-state index in [2.05, 4.69) is 10.2 Å². The highest BCUT2D eigenvalue weighted by Gasteiger charge is 2.33. The lowest BCUT2D eigenvalue weighted by molar-refractivity contribution is -0.138. The summed E-state index contributed by atoms with van der Waals surface area (Å²) in [6.45, 7) is 0.306. The van der Waals surface area contributed by atoms with Crippen LogP contribution in [0.1, 0.15) is 80.4 Å². The van der Waals surface area contributed by atoms with E-state index in [-0.39, 0.29) is 24.6 Å². The van der Waals surface area contributed by atoms with Crippen LogP contribution in [0.4, 0.5) is 4.39 Å². The van der Waals surface area contributed by atoms with Crippen LogP contribution in [0.25, 0.3) is 11.0 Å². The molecule has 2 amide bonds. The number of hydrogen-bond donors (Lipinski definition) is 1. The van der Waals surface area contributed by atoms with Crippen LogP contribution < -0.4 is 5.32 Å². The van der Waals surface area contributed by atoms with Gasteiger partial charge in [0.05, 0.1) is 23.1 Å². The van der Waals surface area contributed by atoms with Gasteiger partial charge in [0, 0.05) is 12.1 Å². The number of rotatable bonds is 7. The molecular weight excluding hydrogens is 455 g/mol. The number of nitrogens with one attached hydrogen (secondary N) is 1. The molecule has 2 aromatic carbocycles. The van der Waals surface area contributed by atoms with Crippen molar-refractivity contribution in [2.45, 2.75) is 89.4 Å². The van der Waals surface area contributed by atoms with Gasteiger partial charge in [-0.15, -0.1) is 0 Å². The first-order valence-electron chi connectivity index (χ1n) is 13.4. The van der Waals surface area contributed by atoms with Gasteiger partial charge >= 0.3 is 0 Å². The summed E-state index contributed by atoms with van der Waals surface area (Å²) in [4.78, 5) is 33.5. The fourth-order valence-corrected chi connectivity index (χ4v) is 5.98. The Kier molecular flexibility index (Phi) is 7.63. The third kappa shape index (κ3) is 5.30. The van der Waals surface area contributed by atoms with E-state index < -0.39 is 11.7 Å². The van der Waals surface area contributed by atoms with Crippen molar-refractivity contribution in [2.24, 2.45) is 0 Å². The summed E-state index contributed by atoms with van der Waals surface area (Å²) in [5.74, 6) is -0.321. The Morgan fingerprint density at radius 2 is 1.50 bits per heavy atom. The molecule has 3 aromatic rings. The Morgan fingerprint density at radius 3 is 2.17 bits per heavy atom. The zero-order chi connectivity index (χ0) is 24.9. The first-order valence-corrected chi connectivity index (χ1v) is 13.4. The minimum atomic E-state index is -0.561. The molecule has 190 valence electrons. The number of fused-ring (bicyclic) bond motifs is 1. The van der Waals surface area contributed by atoms with Gasteiger partial charge in [0.15, 0.2) is 0 Å². The van der Waals surface area contributed by atoms with Crippen LogP contribution in [0.5, 0.6) is 0 Å². The van der Waals surface area contributed by atoms with Crippen LogP contribution in [0, 0.1) is 5.82 Å². The Balaban J connectivity index is 1.39. The van der Waals surface area contributed by atoms with Crippen LogP contribution in [0.2, 0.25) is 0 Å². The third-order valence-corrected chi connectivity index (χ3v) is 7.78. The lowest BCUT2D eigenvalue weighted by Gasteiger charge is -2.42. The van der Waals surface area contributed by atoms with Crippen LogP contribution in [-0.4, -0.2) is 38.3 Å². The molecule has 0 bridgehead atoms. The summed E-state index contributed by atoms with van der Waals surface area (Å²) in [5.41, 5.74) is 1.65. The number of hydrogen-bond acceptors (Lipinski definition) is 3. The molecule has 0 unspecified atom stereocenters. The molecule has 0 atom stereocenters. The fraction of sp³-hybridized carbons (Fsp3) is 0.483. The van der Waals surface area contributed by atoms with E-state index in [9.17, 15) is 14.0 Å². The normalized spacial score (nSPS) is 17.2. The predicted molar refractivity (Wildman–Crippen MR) is 138 cm³/mol. The van der Waals surface area contributed by atoms with Crippen molar-refractivity contribution < 1.29 is 14.0 Å². The van der Waals surface area contributed by atoms with Crippen LogP contribution >= 0.6 is 0 Å². The van der Waals surface area contributed by atoms with E-state index >= 15 is 0 Å². The van der Waals surface area contributed by atoms with Gasteiger partial charge in [-0.25, -0.2) is 9.37 Å². The van der Waals surface area contributed by atoms with Crippen LogP contribution in [-0.2, 0) is 17.9 Å². The number of nitrogens with zero attached hydrogens (tertiary/aromatic N) is 3. The van der Waals surface area contributed by atoms with Crippen molar-refractivity contribution in [1.29, 1.82) is 0 Å². The van der Waals surface area contributed by atoms with E-state index in [4.69, 9.17) is 4.98 Å². The highest BCUT2D eigenvalue weighted by Crippen LogP contribution is 2.31. The standard InChI is InChI=1S/C29H35FN4O2/c30-24-16-8-7-15-23(24)29(36)31-19-27-32-25-17-9-10-18-26(25)33(27)20-28(35)34(21-11-3-1-4-12-21)22-13-5-2-6-14-22/h7-10,15-18,21-22H,1-6,11-14,19-20H2,(H,31,36). The maximum absolute atomic E-state index is 14.1. The molecule has 5 rings (SSSR count). The van der Waals surface area contributed by atoms with Gasteiger partial charge in [-0.2, -0.15) is 0 Å². The molecule has 0 spiro atoms. The molecule has 2 fully saturated rings. The first-order chi connectivity index (χ1) is 17.6. The molecule has 1 N–H and O–H groups in total. The Bertz CT molecular complexity index is 1190. The number of para-hydroxylation sites is 2. The number of benzene rings is 2. The van der Waals surface area contributed by atoms with Gasteiger partial charge in [-0.3, -0.25) is 9.59 Å². The molecular formula is C29H35FN4O2. The lowest BCUT2D eigenvalue weighted by Crippen LogP contribution is -2.50. The van der Waals surface area contributed by atoms with Crippen molar-refractivity contribution in [1.82, 2.24) is 19.8 Å². The van der Waals surface area contributed by atoms with Crippen molar-refractivity contribution in [3.8, 4) is 0 Å². The highest BCUT2D eigenvalue weighted by molar-refractivity contribution is 5.94. The molecule has 1 heterocycles. The Morgan fingerprint density at radius 1 is 0.889 bits per heavy atom. The smallest absolute Gasteiger partial charge is 0.254 e. The minimum absolute atomic E-state index is 0.00277. The van der Waals surface area contributed by atoms with E-state index in [1.807, 2.05) is 28.8 Å². The summed E-state index contributed by atoms with van der Waals surface area (Å²) in [6.07, 6.45) is 11.6. The summed E-state index contributed by atoms with van der Waals surface area (Å²) < 4.78 is 16.0. The SMILES string of the molecule is O=C(NCc1nc2ccccc2n1CC(=O)N(C1CCCCC1)C1CCCCC1)c1ccccc1F. The predicted octanol–water partition coefficient (Wildman–Crippen LogP) is 5.60. The second-order valence-corrected chi connectivity index (χ2v) is 10.2. The maximum Gasteiger partial charge on any atom is 0.254 e. The molecule has 36 heavy (non-hydrogen) atoms. The minimum Gasteiger partial charge on any atom is -0.345 e. The zero-order valence-electron chi connectivity index (χ0n) is 20.8. The monoisotopic (exact) mass is 490 g/mol. The van der Waals surface area contributed by atoms with E-state index in [1.165, 1.54) is 50.7 Å². The quantitative estimate of drug-likeness (QED) is 0.469. The maximum atomic E-state index is 14.1. The number of aromatic nitrogens is 2. The summed E-state index contributed by atoms with van der Waals surface area (Å²) in [5, 5.41) is 2.80. The summed E-state index contributed by atoms with van der Waals surface area (Å²) in [6, 6.07) is 14.3. The number of carbonyl (C=O) groups excluding carboxylic acids is 2. The second-order valence-electron chi connectivity index (χ2n) is 10.2. The average molecular weight is 491 g/mol. The van der Waals surface area contributed by atoms with Crippen LogP contribution in [0.15, 0.2) is 48.5 Å². The molecule has 0 radical (unpaired) electrons. The lowest BCUT2D eigenvalue weighted by atomic mass is 9.88. The van der Waals surface area contributed by atoms with Gasteiger partial charge in [0.25, 0.3) is 5.91 Å². The molecule has 2 saturated carbocycles. The van der Waals surface area contributed by atoms with Crippen LogP contribution in [0.3, 0.4) is 0 Å². The number of halogens is 1. The topological polar surface area (TPSA) is 67.2 Å². The Hall–Kier alpha value is -3.22.